The number of aromatic hydroxyl groups is 1. The summed E-state index contributed by atoms with van der Waals surface area (Å²) >= 11 is 0. The maximum Gasteiger partial charge on any atom is 0.257 e. The number of morpholine rings is 1. The van der Waals surface area contributed by atoms with Crippen molar-refractivity contribution in [3.63, 3.8) is 0 Å². The van der Waals surface area contributed by atoms with Gasteiger partial charge in [-0.05, 0) is 19.9 Å². The Balaban J connectivity index is 2.18. The van der Waals surface area contributed by atoms with Gasteiger partial charge in [-0.25, -0.2) is 0 Å². The molecule has 1 atom stereocenters. The van der Waals surface area contributed by atoms with Crippen LogP contribution >= 0.6 is 0 Å². The zero-order valence-corrected chi connectivity index (χ0v) is 10.8. The molecule has 100 valence electrons. The molecule has 0 spiro atoms. The van der Waals surface area contributed by atoms with Crippen molar-refractivity contribution < 1.29 is 9.84 Å². The Morgan fingerprint density at radius 3 is 3.06 bits per heavy atom. The quantitative estimate of drug-likeness (QED) is 0.823. The van der Waals surface area contributed by atoms with Gasteiger partial charge in [0.1, 0.15) is 11.9 Å². The maximum absolute atomic E-state index is 11.6. The minimum Gasteiger partial charge on any atom is -0.493 e. The summed E-state index contributed by atoms with van der Waals surface area (Å²) < 4.78 is 5.61. The van der Waals surface area contributed by atoms with Crippen LogP contribution in [0.5, 0.6) is 5.88 Å². The number of aromatic amines is 1. The summed E-state index contributed by atoms with van der Waals surface area (Å²) in [6.07, 6.45) is 0.806. The molecule has 0 aromatic carbocycles. The van der Waals surface area contributed by atoms with E-state index in [1.807, 2.05) is 0 Å². The van der Waals surface area contributed by atoms with Crippen molar-refractivity contribution in [3.05, 3.63) is 21.7 Å². The Morgan fingerprint density at radius 2 is 2.39 bits per heavy atom. The molecule has 1 aliphatic heterocycles. The number of hydrogen-bond acceptors (Lipinski definition) is 5. The molecule has 0 radical (unpaired) electrons. The van der Waals surface area contributed by atoms with Gasteiger partial charge in [-0.2, -0.15) is 4.98 Å². The lowest BCUT2D eigenvalue weighted by molar-refractivity contribution is -0.0345. The minimum atomic E-state index is -0.311. The molecule has 18 heavy (non-hydrogen) atoms. The Kier molecular flexibility index (Phi) is 3.98. The summed E-state index contributed by atoms with van der Waals surface area (Å²) in [5, 5.41) is 9.58. The molecule has 0 bridgehead atoms. The molecule has 2 N–H and O–H groups in total. The van der Waals surface area contributed by atoms with E-state index in [1.54, 1.807) is 0 Å². The maximum atomic E-state index is 11.6. The average Bonchev–Trinajstić information content (AvgIpc) is 2.36. The number of nitrogens with zero attached hydrogens (tertiary/aromatic N) is 2. The fourth-order valence-corrected chi connectivity index (χ4v) is 2.08. The van der Waals surface area contributed by atoms with Gasteiger partial charge in [0.25, 0.3) is 5.56 Å². The van der Waals surface area contributed by atoms with E-state index in [0.29, 0.717) is 19.0 Å². The van der Waals surface area contributed by atoms with Gasteiger partial charge in [-0.3, -0.25) is 9.69 Å². The van der Waals surface area contributed by atoms with Gasteiger partial charge in [0.15, 0.2) is 0 Å². The highest BCUT2D eigenvalue weighted by molar-refractivity contribution is 5.21. The first-order valence-corrected chi connectivity index (χ1v) is 6.25. The van der Waals surface area contributed by atoms with Gasteiger partial charge in [0.2, 0.25) is 5.88 Å². The van der Waals surface area contributed by atoms with E-state index in [-0.39, 0.29) is 23.1 Å². The van der Waals surface area contributed by atoms with Crippen molar-refractivity contribution in [2.75, 3.05) is 26.2 Å². The summed E-state index contributed by atoms with van der Waals surface area (Å²) in [6.45, 7) is 6.87. The van der Waals surface area contributed by atoms with Crippen molar-refractivity contribution >= 4 is 0 Å². The fourth-order valence-electron chi connectivity index (χ4n) is 2.08. The van der Waals surface area contributed by atoms with E-state index in [9.17, 15) is 9.90 Å². The van der Waals surface area contributed by atoms with Crippen LogP contribution in [-0.2, 0) is 4.74 Å². The van der Waals surface area contributed by atoms with Crippen LogP contribution in [0.2, 0.25) is 0 Å². The van der Waals surface area contributed by atoms with Crippen LogP contribution in [0.25, 0.3) is 0 Å². The molecule has 2 rings (SSSR count). The first kappa shape index (κ1) is 13.0. The summed E-state index contributed by atoms with van der Waals surface area (Å²) in [4.78, 5) is 20.5. The molecular formula is C12H19N3O3. The largest absolute Gasteiger partial charge is 0.493 e. The zero-order valence-electron chi connectivity index (χ0n) is 10.8. The Bertz CT molecular complexity index is 470. The van der Waals surface area contributed by atoms with Gasteiger partial charge in [-0.1, -0.05) is 6.92 Å². The monoisotopic (exact) mass is 253 g/mol. The number of hydrogen-bond donors (Lipinski definition) is 2. The second-order valence-corrected chi connectivity index (χ2v) is 4.56. The lowest BCUT2D eigenvalue weighted by Gasteiger charge is -2.32. The average molecular weight is 253 g/mol. The molecule has 6 heteroatoms. The molecule has 6 nitrogen and oxygen atoms in total. The molecule has 1 fully saturated rings. The zero-order chi connectivity index (χ0) is 13.1. The number of rotatable bonds is 3. The van der Waals surface area contributed by atoms with Crippen molar-refractivity contribution in [2.24, 2.45) is 0 Å². The van der Waals surface area contributed by atoms with Gasteiger partial charge in [0.05, 0.1) is 12.2 Å². The topological polar surface area (TPSA) is 78.5 Å². The molecule has 1 aromatic heterocycles. The highest BCUT2D eigenvalue weighted by Gasteiger charge is 2.24. The van der Waals surface area contributed by atoms with E-state index in [0.717, 1.165) is 19.5 Å². The lowest BCUT2D eigenvalue weighted by Crippen LogP contribution is -2.39. The van der Waals surface area contributed by atoms with Crippen LogP contribution in [-0.4, -0.2) is 46.2 Å². The summed E-state index contributed by atoms with van der Waals surface area (Å²) in [6, 6.07) is 0. The van der Waals surface area contributed by atoms with Gasteiger partial charge < -0.3 is 14.8 Å². The number of H-pyrrole nitrogens is 1. The molecule has 0 saturated carbocycles. The Morgan fingerprint density at radius 1 is 1.61 bits per heavy atom. The van der Waals surface area contributed by atoms with Crippen molar-refractivity contribution in [3.8, 4) is 5.88 Å². The van der Waals surface area contributed by atoms with Crippen LogP contribution in [0.3, 0.4) is 0 Å². The van der Waals surface area contributed by atoms with Crippen LogP contribution in [0.1, 0.15) is 30.8 Å². The third-order valence-electron chi connectivity index (χ3n) is 3.14. The second-order valence-electron chi connectivity index (χ2n) is 4.56. The van der Waals surface area contributed by atoms with E-state index >= 15 is 0 Å². The van der Waals surface area contributed by atoms with Crippen LogP contribution in [0.15, 0.2) is 4.79 Å². The van der Waals surface area contributed by atoms with Gasteiger partial charge in [0, 0.05) is 13.1 Å². The van der Waals surface area contributed by atoms with Crippen molar-refractivity contribution in [2.45, 2.75) is 26.4 Å². The Hall–Kier alpha value is -1.40. The standard InChI is InChI=1S/C12H19N3O3/c1-3-4-15-5-6-18-9(7-15)10-13-11(16)8(2)12(17)14-10/h9H,3-7H2,1-2H3,(H2,13,14,16,17). The molecule has 1 aromatic rings. The third kappa shape index (κ3) is 2.70. The molecular weight excluding hydrogens is 234 g/mol. The van der Waals surface area contributed by atoms with Crippen LogP contribution in [0.4, 0.5) is 0 Å². The summed E-state index contributed by atoms with van der Waals surface area (Å²) in [5.41, 5.74) is -0.0753. The molecule has 2 heterocycles. The van der Waals surface area contributed by atoms with E-state index in [2.05, 4.69) is 21.8 Å². The smallest absolute Gasteiger partial charge is 0.257 e. The molecule has 1 saturated heterocycles. The highest BCUT2D eigenvalue weighted by atomic mass is 16.5. The number of aromatic nitrogens is 2. The van der Waals surface area contributed by atoms with E-state index in [4.69, 9.17) is 4.74 Å². The van der Waals surface area contributed by atoms with E-state index < -0.39 is 0 Å². The first-order chi connectivity index (χ1) is 8.61. The third-order valence-corrected chi connectivity index (χ3v) is 3.14. The van der Waals surface area contributed by atoms with E-state index in [1.165, 1.54) is 6.92 Å². The predicted octanol–water partition coefficient (Wildman–Crippen LogP) is 0.567. The van der Waals surface area contributed by atoms with Crippen molar-refractivity contribution in [1.82, 2.24) is 14.9 Å². The minimum absolute atomic E-state index is 0.218. The fraction of sp³-hybridized carbons (Fsp3) is 0.667. The summed E-state index contributed by atoms with van der Waals surface area (Å²) in [7, 11) is 0. The molecule has 0 amide bonds. The Labute approximate surface area is 106 Å². The highest BCUT2D eigenvalue weighted by Crippen LogP contribution is 2.20. The van der Waals surface area contributed by atoms with Crippen LogP contribution in [0, 0.1) is 6.92 Å². The number of ether oxygens (including phenoxy) is 1. The van der Waals surface area contributed by atoms with Gasteiger partial charge in [-0.15, -0.1) is 0 Å². The second kappa shape index (κ2) is 5.49. The lowest BCUT2D eigenvalue weighted by atomic mass is 10.2. The summed E-state index contributed by atoms with van der Waals surface area (Å²) in [5.74, 6) is 0.189. The number of nitrogens with one attached hydrogen (secondary N) is 1. The van der Waals surface area contributed by atoms with Gasteiger partial charge >= 0.3 is 0 Å². The molecule has 0 aliphatic carbocycles. The molecule has 1 aliphatic rings. The van der Waals surface area contributed by atoms with Crippen LogP contribution < -0.4 is 5.56 Å². The first-order valence-electron chi connectivity index (χ1n) is 6.25. The van der Waals surface area contributed by atoms with Crippen molar-refractivity contribution in [1.29, 1.82) is 0 Å². The SMILES string of the molecule is CCCN1CCOC(c2nc(O)c(C)c(=O)[nH]2)C1. The normalized spacial score (nSPS) is 21.1. The molecule has 1 unspecified atom stereocenters. The predicted molar refractivity (Wildman–Crippen MR) is 66.7 cm³/mol.